The molecule has 140 valence electrons. The van der Waals surface area contributed by atoms with Gasteiger partial charge in [0.2, 0.25) is 0 Å². The maximum Gasteiger partial charge on any atom is 0.337 e. The molecule has 0 fully saturated rings. The molecule has 5 heteroatoms. The van der Waals surface area contributed by atoms with E-state index in [1.807, 2.05) is 31.2 Å². The number of aliphatic carboxylic acids is 1. The first kappa shape index (κ1) is 19.3. The summed E-state index contributed by atoms with van der Waals surface area (Å²) in [6.45, 7) is 5.99. The van der Waals surface area contributed by atoms with E-state index in [2.05, 4.69) is 24.0 Å². The van der Waals surface area contributed by atoms with Crippen molar-refractivity contribution < 1.29 is 14.6 Å². The second kappa shape index (κ2) is 8.07. The molecule has 0 spiro atoms. The summed E-state index contributed by atoms with van der Waals surface area (Å²) in [6, 6.07) is 13.6. The zero-order chi connectivity index (χ0) is 19.6. The molecular formula is C22H22ClNO3. The van der Waals surface area contributed by atoms with Crippen LogP contribution in [0, 0.1) is 6.92 Å². The minimum absolute atomic E-state index is 0.290. The van der Waals surface area contributed by atoms with E-state index in [-0.39, 0.29) is 6.61 Å². The lowest BCUT2D eigenvalue weighted by atomic mass is 9.90. The van der Waals surface area contributed by atoms with Crippen LogP contribution < -0.4 is 0 Å². The monoisotopic (exact) mass is 383 g/mol. The third-order valence-corrected chi connectivity index (χ3v) is 4.88. The third-order valence-electron chi connectivity index (χ3n) is 4.65. The molecule has 0 aliphatic carbocycles. The third kappa shape index (κ3) is 3.82. The van der Waals surface area contributed by atoms with Crippen LogP contribution in [-0.2, 0) is 16.0 Å². The lowest BCUT2D eigenvalue weighted by molar-refractivity contribution is -0.150. The average Bonchev–Trinajstić information content (AvgIpc) is 2.66. The first-order valence-corrected chi connectivity index (χ1v) is 9.37. The van der Waals surface area contributed by atoms with Gasteiger partial charge in [-0.2, -0.15) is 0 Å². The number of carbonyl (C=O) groups is 1. The Labute approximate surface area is 163 Å². The summed E-state index contributed by atoms with van der Waals surface area (Å²) in [4.78, 5) is 16.6. The Kier molecular flexibility index (Phi) is 5.78. The molecule has 1 aromatic heterocycles. The first-order chi connectivity index (χ1) is 13.0. The molecule has 0 unspecified atom stereocenters. The molecule has 3 rings (SSSR count). The minimum atomic E-state index is -1.09. The SMILES string of the molecule is CCO[C@H](C(=O)O)c1c(C)nc2ccc(Cl)cc2c1-c1ccc(CC)cc1. The number of benzene rings is 2. The Bertz CT molecular complexity index is 983. The van der Waals surface area contributed by atoms with Gasteiger partial charge in [-0.15, -0.1) is 0 Å². The summed E-state index contributed by atoms with van der Waals surface area (Å²) in [6.07, 6.45) is -0.155. The van der Waals surface area contributed by atoms with Crippen molar-refractivity contribution >= 4 is 28.5 Å². The normalized spacial score (nSPS) is 12.3. The molecule has 0 saturated carbocycles. The van der Waals surface area contributed by atoms with Crippen LogP contribution in [0.25, 0.3) is 22.0 Å². The summed E-state index contributed by atoms with van der Waals surface area (Å²) in [5.41, 5.74) is 4.93. The number of aryl methyl sites for hydroxylation is 2. The average molecular weight is 384 g/mol. The van der Waals surface area contributed by atoms with Gasteiger partial charge >= 0.3 is 5.97 Å². The van der Waals surface area contributed by atoms with E-state index in [0.717, 1.165) is 28.5 Å². The second-order valence-corrected chi connectivity index (χ2v) is 6.81. The molecule has 0 aliphatic rings. The van der Waals surface area contributed by atoms with Crippen molar-refractivity contribution in [2.75, 3.05) is 6.61 Å². The smallest absolute Gasteiger partial charge is 0.337 e. The number of pyridine rings is 1. The highest BCUT2D eigenvalue weighted by Gasteiger charge is 2.28. The van der Waals surface area contributed by atoms with Crippen molar-refractivity contribution in [3.05, 3.63) is 64.3 Å². The maximum atomic E-state index is 12.0. The van der Waals surface area contributed by atoms with Crippen LogP contribution >= 0.6 is 11.6 Å². The molecule has 27 heavy (non-hydrogen) atoms. The van der Waals surface area contributed by atoms with Gasteiger partial charge in [-0.25, -0.2) is 4.79 Å². The molecule has 0 aliphatic heterocycles. The standard InChI is InChI=1S/C22H22ClNO3/c1-4-14-6-8-15(9-7-14)20-17-12-16(23)10-11-18(17)24-13(3)19(20)21(22(25)26)27-5-2/h6-12,21H,4-5H2,1-3H3,(H,25,26)/t21-/m0/s1. The topological polar surface area (TPSA) is 59.4 Å². The van der Waals surface area contributed by atoms with E-state index >= 15 is 0 Å². The van der Waals surface area contributed by atoms with Gasteiger partial charge in [-0.1, -0.05) is 42.8 Å². The molecule has 0 amide bonds. The molecule has 2 aromatic carbocycles. The quantitative estimate of drug-likeness (QED) is 0.602. The molecule has 0 saturated heterocycles. The van der Waals surface area contributed by atoms with Crippen LogP contribution in [0.1, 0.15) is 36.8 Å². The number of hydrogen-bond acceptors (Lipinski definition) is 3. The van der Waals surface area contributed by atoms with Crippen LogP contribution in [0.15, 0.2) is 42.5 Å². The number of fused-ring (bicyclic) bond motifs is 1. The van der Waals surface area contributed by atoms with E-state index < -0.39 is 12.1 Å². The van der Waals surface area contributed by atoms with Crippen LogP contribution in [0.5, 0.6) is 0 Å². The van der Waals surface area contributed by atoms with Crippen LogP contribution in [-0.4, -0.2) is 22.7 Å². The first-order valence-electron chi connectivity index (χ1n) is 8.99. The highest BCUT2D eigenvalue weighted by atomic mass is 35.5. The lowest BCUT2D eigenvalue weighted by Crippen LogP contribution is -2.18. The van der Waals surface area contributed by atoms with Gasteiger partial charge in [0, 0.05) is 28.3 Å². The van der Waals surface area contributed by atoms with Crippen molar-refractivity contribution in [3.63, 3.8) is 0 Å². The van der Waals surface area contributed by atoms with E-state index in [4.69, 9.17) is 16.3 Å². The van der Waals surface area contributed by atoms with Gasteiger partial charge in [0.05, 0.1) is 5.52 Å². The number of aromatic nitrogens is 1. The van der Waals surface area contributed by atoms with Crippen LogP contribution in [0.2, 0.25) is 5.02 Å². The van der Waals surface area contributed by atoms with Crippen molar-refractivity contribution in [3.8, 4) is 11.1 Å². The van der Waals surface area contributed by atoms with Crippen molar-refractivity contribution in [1.29, 1.82) is 0 Å². The van der Waals surface area contributed by atoms with E-state index in [1.165, 1.54) is 5.56 Å². The fraction of sp³-hybridized carbons (Fsp3) is 0.273. The van der Waals surface area contributed by atoms with Gasteiger partial charge < -0.3 is 9.84 Å². The van der Waals surface area contributed by atoms with Gasteiger partial charge in [-0.3, -0.25) is 4.98 Å². The Morgan fingerprint density at radius 2 is 1.89 bits per heavy atom. The number of halogens is 1. The molecule has 1 N–H and O–H groups in total. The minimum Gasteiger partial charge on any atom is -0.479 e. The van der Waals surface area contributed by atoms with Crippen molar-refractivity contribution in [2.24, 2.45) is 0 Å². The number of carboxylic acids is 1. The number of carboxylic acid groups (broad SMARTS) is 1. The largest absolute Gasteiger partial charge is 0.479 e. The Morgan fingerprint density at radius 3 is 2.48 bits per heavy atom. The fourth-order valence-corrected chi connectivity index (χ4v) is 3.53. The van der Waals surface area contributed by atoms with Gasteiger partial charge in [0.25, 0.3) is 0 Å². The highest BCUT2D eigenvalue weighted by molar-refractivity contribution is 6.31. The summed E-state index contributed by atoms with van der Waals surface area (Å²) in [5.74, 6) is -1.03. The molecule has 1 atom stereocenters. The number of rotatable bonds is 6. The Hall–Kier alpha value is -2.43. The van der Waals surface area contributed by atoms with E-state index in [9.17, 15) is 9.90 Å². The molecule has 4 nitrogen and oxygen atoms in total. The zero-order valence-corrected chi connectivity index (χ0v) is 16.4. The summed E-state index contributed by atoms with van der Waals surface area (Å²) in [5, 5.41) is 11.2. The maximum absolute atomic E-state index is 12.0. The van der Waals surface area contributed by atoms with Gasteiger partial charge in [0.15, 0.2) is 6.10 Å². The zero-order valence-electron chi connectivity index (χ0n) is 15.6. The lowest BCUT2D eigenvalue weighted by Gasteiger charge is -2.21. The predicted octanol–water partition coefficient (Wildman–Crippen LogP) is 5.59. The predicted molar refractivity (Wildman–Crippen MR) is 108 cm³/mol. The Balaban J connectivity index is 2.38. The van der Waals surface area contributed by atoms with Crippen LogP contribution in [0.4, 0.5) is 0 Å². The van der Waals surface area contributed by atoms with Crippen molar-refractivity contribution in [1.82, 2.24) is 4.98 Å². The molecule has 3 aromatic rings. The summed E-state index contributed by atoms with van der Waals surface area (Å²) >= 11 is 6.25. The summed E-state index contributed by atoms with van der Waals surface area (Å²) in [7, 11) is 0. The van der Waals surface area contributed by atoms with E-state index in [0.29, 0.717) is 16.3 Å². The Morgan fingerprint density at radius 1 is 1.19 bits per heavy atom. The van der Waals surface area contributed by atoms with E-state index in [1.54, 1.807) is 13.0 Å². The van der Waals surface area contributed by atoms with Gasteiger partial charge in [-0.05, 0) is 55.2 Å². The molecule has 0 bridgehead atoms. The number of nitrogens with zero attached hydrogens (tertiary/aromatic N) is 1. The molecule has 1 heterocycles. The van der Waals surface area contributed by atoms with Crippen LogP contribution in [0.3, 0.4) is 0 Å². The highest BCUT2D eigenvalue weighted by Crippen LogP contribution is 2.38. The fourth-order valence-electron chi connectivity index (χ4n) is 3.36. The second-order valence-electron chi connectivity index (χ2n) is 6.37. The van der Waals surface area contributed by atoms with Crippen molar-refractivity contribution in [2.45, 2.75) is 33.3 Å². The number of ether oxygens (including phenoxy) is 1. The summed E-state index contributed by atoms with van der Waals surface area (Å²) < 4.78 is 5.58. The number of hydrogen-bond donors (Lipinski definition) is 1. The van der Waals surface area contributed by atoms with Gasteiger partial charge in [0.1, 0.15) is 0 Å². The molecular weight excluding hydrogens is 362 g/mol. The molecule has 0 radical (unpaired) electrons.